The average Bonchev–Trinajstić information content (AvgIpc) is 2.90. The Labute approximate surface area is 149 Å². The third-order valence-corrected chi connectivity index (χ3v) is 4.73. The van der Waals surface area contributed by atoms with Crippen molar-refractivity contribution in [2.75, 3.05) is 0 Å². The van der Waals surface area contributed by atoms with Crippen molar-refractivity contribution in [3.05, 3.63) is 47.8 Å². The van der Waals surface area contributed by atoms with Crippen molar-refractivity contribution >= 4 is 23.6 Å². The molecule has 1 aromatic rings. The van der Waals surface area contributed by atoms with Crippen LogP contribution in [0.4, 0.5) is 4.39 Å². The minimum atomic E-state index is -1.08. The number of hydrogen-bond acceptors (Lipinski definition) is 4. The van der Waals surface area contributed by atoms with E-state index in [1.54, 1.807) is 0 Å². The molecule has 1 fully saturated rings. The summed E-state index contributed by atoms with van der Waals surface area (Å²) in [5, 5.41) is 0. The predicted octanol–water partition coefficient (Wildman–Crippen LogP) is 0.926. The van der Waals surface area contributed by atoms with Crippen LogP contribution in [0.15, 0.2) is 36.4 Å². The molecule has 1 saturated heterocycles. The van der Waals surface area contributed by atoms with Crippen molar-refractivity contribution in [2.24, 2.45) is 11.8 Å². The number of hydrogen-bond donors (Lipinski definition) is 2. The molecule has 1 aliphatic heterocycles. The molecule has 1 heterocycles. The standard InChI is InChI=1S/C18H18FN3O4/c1-10(22-17(25)11-6-2-3-7-12(11)18(22)26)15(23)20-21-16(24)13-8-4-5-9-14(13)19/h2-5,8-12H,6-7H2,1H3,(H,20,23)(H,21,24). The van der Waals surface area contributed by atoms with Crippen LogP contribution in [-0.4, -0.2) is 34.6 Å². The first-order valence-corrected chi connectivity index (χ1v) is 8.28. The third-order valence-electron chi connectivity index (χ3n) is 4.73. The van der Waals surface area contributed by atoms with Crippen LogP contribution in [0.1, 0.15) is 30.1 Å². The van der Waals surface area contributed by atoms with E-state index in [1.807, 2.05) is 12.2 Å². The summed E-state index contributed by atoms with van der Waals surface area (Å²) in [7, 11) is 0. The first-order chi connectivity index (χ1) is 12.4. The average molecular weight is 359 g/mol. The predicted molar refractivity (Wildman–Crippen MR) is 88.7 cm³/mol. The number of imide groups is 1. The summed E-state index contributed by atoms with van der Waals surface area (Å²) in [6.45, 7) is 1.41. The van der Waals surface area contributed by atoms with Gasteiger partial charge in [-0.1, -0.05) is 24.3 Å². The normalized spacial score (nSPS) is 22.8. The van der Waals surface area contributed by atoms with E-state index in [4.69, 9.17) is 0 Å². The lowest BCUT2D eigenvalue weighted by Crippen LogP contribution is -2.53. The lowest BCUT2D eigenvalue weighted by molar-refractivity contribution is -0.147. The van der Waals surface area contributed by atoms with Crippen LogP contribution in [0.25, 0.3) is 0 Å². The quantitative estimate of drug-likeness (QED) is 0.477. The molecular formula is C18H18FN3O4. The van der Waals surface area contributed by atoms with Gasteiger partial charge in [-0.25, -0.2) is 4.39 Å². The number of halogens is 1. The van der Waals surface area contributed by atoms with Gasteiger partial charge in [-0.15, -0.1) is 0 Å². The molecule has 0 spiro atoms. The number of benzene rings is 1. The van der Waals surface area contributed by atoms with Gasteiger partial charge in [0.05, 0.1) is 17.4 Å². The molecule has 3 unspecified atom stereocenters. The number of carbonyl (C=O) groups is 4. The molecule has 3 rings (SSSR count). The Morgan fingerprint density at radius 1 is 1.08 bits per heavy atom. The van der Waals surface area contributed by atoms with Crippen molar-refractivity contribution in [3.63, 3.8) is 0 Å². The number of fused-ring (bicyclic) bond motifs is 1. The van der Waals surface area contributed by atoms with Gasteiger partial charge < -0.3 is 0 Å². The van der Waals surface area contributed by atoms with Crippen LogP contribution in [0.2, 0.25) is 0 Å². The fraction of sp³-hybridized carbons (Fsp3) is 0.333. The van der Waals surface area contributed by atoms with E-state index in [1.165, 1.54) is 25.1 Å². The first kappa shape index (κ1) is 17.8. The number of amides is 4. The number of nitrogens with one attached hydrogen (secondary N) is 2. The fourth-order valence-electron chi connectivity index (χ4n) is 3.26. The molecule has 26 heavy (non-hydrogen) atoms. The van der Waals surface area contributed by atoms with E-state index < -0.39 is 35.5 Å². The molecule has 0 aromatic heterocycles. The first-order valence-electron chi connectivity index (χ1n) is 8.28. The maximum absolute atomic E-state index is 13.6. The minimum Gasteiger partial charge on any atom is -0.274 e. The summed E-state index contributed by atoms with van der Waals surface area (Å²) in [5.41, 5.74) is 4.01. The number of hydrazine groups is 1. The van der Waals surface area contributed by atoms with Crippen molar-refractivity contribution in [1.82, 2.24) is 15.8 Å². The largest absolute Gasteiger partial charge is 0.274 e. The molecule has 0 bridgehead atoms. The maximum Gasteiger partial charge on any atom is 0.272 e. The highest BCUT2D eigenvalue weighted by atomic mass is 19.1. The van der Waals surface area contributed by atoms with E-state index in [2.05, 4.69) is 10.9 Å². The van der Waals surface area contributed by atoms with Gasteiger partial charge in [0.2, 0.25) is 11.8 Å². The van der Waals surface area contributed by atoms with E-state index >= 15 is 0 Å². The highest BCUT2D eigenvalue weighted by Crippen LogP contribution is 2.35. The minimum absolute atomic E-state index is 0.231. The highest BCUT2D eigenvalue weighted by Gasteiger charge is 2.50. The van der Waals surface area contributed by atoms with Crippen molar-refractivity contribution in [2.45, 2.75) is 25.8 Å². The van der Waals surface area contributed by atoms with Crippen molar-refractivity contribution in [3.8, 4) is 0 Å². The summed E-state index contributed by atoms with van der Waals surface area (Å²) in [6.07, 6.45) is 4.67. The Morgan fingerprint density at radius 2 is 1.65 bits per heavy atom. The molecule has 0 radical (unpaired) electrons. The van der Waals surface area contributed by atoms with Gasteiger partial charge in [0.1, 0.15) is 11.9 Å². The molecule has 8 heteroatoms. The van der Waals surface area contributed by atoms with E-state index in [-0.39, 0.29) is 17.4 Å². The van der Waals surface area contributed by atoms with E-state index in [0.717, 1.165) is 11.0 Å². The van der Waals surface area contributed by atoms with Crippen LogP contribution in [0, 0.1) is 17.7 Å². The maximum atomic E-state index is 13.6. The second kappa shape index (κ2) is 7.07. The summed E-state index contributed by atoms with van der Waals surface area (Å²) < 4.78 is 13.6. The molecule has 2 aliphatic rings. The molecule has 2 N–H and O–H groups in total. The van der Waals surface area contributed by atoms with Crippen molar-refractivity contribution < 1.29 is 23.6 Å². The smallest absolute Gasteiger partial charge is 0.272 e. The van der Waals surface area contributed by atoms with E-state index in [0.29, 0.717) is 12.8 Å². The second-order valence-electron chi connectivity index (χ2n) is 6.30. The Bertz CT molecular complexity index is 781. The molecule has 1 aliphatic carbocycles. The fourth-order valence-corrected chi connectivity index (χ4v) is 3.26. The molecule has 4 amide bonds. The number of carbonyl (C=O) groups excluding carboxylic acids is 4. The highest BCUT2D eigenvalue weighted by molar-refractivity contribution is 6.08. The van der Waals surface area contributed by atoms with E-state index in [9.17, 15) is 23.6 Å². The summed E-state index contributed by atoms with van der Waals surface area (Å²) in [6, 6.07) is 4.23. The van der Waals surface area contributed by atoms with Gasteiger partial charge in [0.25, 0.3) is 11.8 Å². The van der Waals surface area contributed by atoms with Gasteiger partial charge >= 0.3 is 0 Å². The summed E-state index contributed by atoms with van der Waals surface area (Å²) in [5.74, 6) is -3.93. The molecule has 0 saturated carbocycles. The molecule has 136 valence electrons. The molecule has 7 nitrogen and oxygen atoms in total. The van der Waals surface area contributed by atoms with Crippen LogP contribution in [-0.2, 0) is 14.4 Å². The zero-order valence-electron chi connectivity index (χ0n) is 14.1. The number of allylic oxidation sites excluding steroid dienone is 2. The van der Waals surface area contributed by atoms with Gasteiger partial charge in [-0.3, -0.25) is 34.9 Å². The lowest BCUT2D eigenvalue weighted by Gasteiger charge is -2.22. The molecule has 1 aromatic carbocycles. The van der Waals surface area contributed by atoms with Gasteiger partial charge in [-0.05, 0) is 31.9 Å². The molecular weight excluding hydrogens is 341 g/mol. The third kappa shape index (κ3) is 3.10. The van der Waals surface area contributed by atoms with Gasteiger partial charge in [0, 0.05) is 0 Å². The Balaban J connectivity index is 1.63. The lowest BCUT2D eigenvalue weighted by atomic mass is 9.85. The zero-order chi connectivity index (χ0) is 18.8. The monoisotopic (exact) mass is 359 g/mol. The number of nitrogens with zero attached hydrogens (tertiary/aromatic N) is 1. The molecule has 3 atom stereocenters. The van der Waals surface area contributed by atoms with Crippen LogP contribution in [0.5, 0.6) is 0 Å². The second-order valence-corrected chi connectivity index (χ2v) is 6.30. The number of likely N-dealkylation sites (tertiary alicyclic amines) is 1. The Kier molecular flexibility index (Phi) is 4.83. The van der Waals surface area contributed by atoms with Crippen LogP contribution >= 0.6 is 0 Å². The Morgan fingerprint density at radius 3 is 2.23 bits per heavy atom. The SMILES string of the molecule is CC(C(=O)NNC(=O)c1ccccc1F)N1C(=O)C2CC=CCC2C1=O. The van der Waals surface area contributed by atoms with Crippen LogP contribution in [0.3, 0.4) is 0 Å². The van der Waals surface area contributed by atoms with Crippen molar-refractivity contribution in [1.29, 1.82) is 0 Å². The van der Waals surface area contributed by atoms with Crippen LogP contribution < -0.4 is 10.9 Å². The number of rotatable bonds is 3. The van der Waals surface area contributed by atoms with Gasteiger partial charge in [-0.2, -0.15) is 0 Å². The van der Waals surface area contributed by atoms with Gasteiger partial charge in [0.15, 0.2) is 0 Å². The summed E-state index contributed by atoms with van der Waals surface area (Å²) in [4.78, 5) is 50.1. The Hall–Kier alpha value is -3.03. The zero-order valence-corrected chi connectivity index (χ0v) is 14.1. The summed E-state index contributed by atoms with van der Waals surface area (Å²) >= 11 is 0. The topological polar surface area (TPSA) is 95.6 Å².